The first-order valence-electron chi connectivity index (χ1n) is 8.24. The van der Waals surface area contributed by atoms with Crippen molar-refractivity contribution in [3.63, 3.8) is 0 Å². The fraction of sp³-hybridized carbons (Fsp3) is 0.278. The molecule has 0 bridgehead atoms. The van der Waals surface area contributed by atoms with Crippen molar-refractivity contribution in [2.75, 3.05) is 38.2 Å². The smallest absolute Gasteiger partial charge is 0.253 e. The molecule has 0 N–H and O–H groups in total. The highest BCUT2D eigenvalue weighted by Crippen LogP contribution is 2.18. The molecule has 1 saturated heterocycles. The monoisotopic (exact) mass is 337 g/mol. The highest BCUT2D eigenvalue weighted by atomic mass is 16.5. The molecule has 3 heterocycles. The van der Waals surface area contributed by atoms with E-state index in [1.807, 2.05) is 45.8 Å². The van der Waals surface area contributed by atoms with Gasteiger partial charge in [-0.15, -0.1) is 10.2 Å². The number of methoxy groups -OCH3 is 1. The molecule has 0 spiro atoms. The molecule has 2 aromatic heterocycles. The molecule has 128 valence electrons. The Labute approximate surface area is 145 Å². The second-order valence-electron chi connectivity index (χ2n) is 5.94. The summed E-state index contributed by atoms with van der Waals surface area (Å²) in [5.74, 6) is 1.63. The zero-order valence-corrected chi connectivity index (χ0v) is 14.0. The molecule has 0 saturated carbocycles. The molecule has 1 aliphatic rings. The maximum absolute atomic E-state index is 12.6. The summed E-state index contributed by atoms with van der Waals surface area (Å²) in [6, 6.07) is 13.1. The topological polar surface area (TPSA) is 63.0 Å². The Morgan fingerprint density at radius 3 is 2.48 bits per heavy atom. The van der Waals surface area contributed by atoms with Crippen LogP contribution in [0, 0.1) is 0 Å². The number of fused-ring (bicyclic) bond motifs is 1. The second kappa shape index (κ2) is 6.43. The third kappa shape index (κ3) is 2.88. The van der Waals surface area contributed by atoms with Crippen LogP contribution >= 0.6 is 0 Å². The van der Waals surface area contributed by atoms with E-state index in [2.05, 4.69) is 15.1 Å². The number of hydrogen-bond donors (Lipinski definition) is 0. The van der Waals surface area contributed by atoms with Gasteiger partial charge in [-0.1, -0.05) is 6.07 Å². The molecular formula is C18H19N5O2. The fourth-order valence-corrected chi connectivity index (χ4v) is 3.07. The van der Waals surface area contributed by atoms with Crippen LogP contribution in [0.5, 0.6) is 5.75 Å². The average Bonchev–Trinajstić information content (AvgIpc) is 3.12. The van der Waals surface area contributed by atoms with Crippen LogP contribution in [-0.4, -0.2) is 58.7 Å². The lowest BCUT2D eigenvalue weighted by Crippen LogP contribution is -2.49. The SMILES string of the molecule is COc1ccc(C(=O)N2CCN(c3nnc4ccccn34)CC2)cc1. The van der Waals surface area contributed by atoms with Gasteiger partial charge in [0.05, 0.1) is 7.11 Å². The van der Waals surface area contributed by atoms with Crippen LogP contribution in [0.2, 0.25) is 0 Å². The predicted octanol–water partition coefficient (Wildman–Crippen LogP) is 1.70. The van der Waals surface area contributed by atoms with Crippen LogP contribution in [0.1, 0.15) is 10.4 Å². The summed E-state index contributed by atoms with van der Waals surface area (Å²) in [4.78, 5) is 16.7. The minimum absolute atomic E-state index is 0.0494. The van der Waals surface area contributed by atoms with Gasteiger partial charge in [0.15, 0.2) is 5.65 Å². The number of piperazine rings is 1. The highest BCUT2D eigenvalue weighted by Gasteiger charge is 2.24. The van der Waals surface area contributed by atoms with E-state index < -0.39 is 0 Å². The minimum atomic E-state index is 0.0494. The number of rotatable bonds is 3. The third-order valence-electron chi connectivity index (χ3n) is 4.48. The molecule has 1 aliphatic heterocycles. The molecule has 0 radical (unpaired) electrons. The first-order chi connectivity index (χ1) is 12.3. The van der Waals surface area contributed by atoms with Crippen LogP contribution in [0.3, 0.4) is 0 Å². The number of hydrogen-bond acceptors (Lipinski definition) is 5. The van der Waals surface area contributed by atoms with Crippen molar-refractivity contribution in [3.05, 3.63) is 54.2 Å². The first-order valence-corrected chi connectivity index (χ1v) is 8.24. The lowest BCUT2D eigenvalue weighted by molar-refractivity contribution is 0.0746. The second-order valence-corrected chi connectivity index (χ2v) is 5.94. The quantitative estimate of drug-likeness (QED) is 0.728. The van der Waals surface area contributed by atoms with Crippen LogP contribution < -0.4 is 9.64 Å². The maximum Gasteiger partial charge on any atom is 0.253 e. The normalized spacial score (nSPS) is 14.8. The number of benzene rings is 1. The fourth-order valence-electron chi connectivity index (χ4n) is 3.07. The molecule has 7 nitrogen and oxygen atoms in total. The summed E-state index contributed by atoms with van der Waals surface area (Å²) >= 11 is 0. The molecule has 3 aromatic rings. The Morgan fingerprint density at radius 2 is 1.76 bits per heavy atom. The maximum atomic E-state index is 12.6. The van der Waals surface area contributed by atoms with Crippen molar-refractivity contribution in [2.45, 2.75) is 0 Å². The molecule has 0 atom stereocenters. The Balaban J connectivity index is 1.44. The molecule has 4 rings (SSSR count). The molecule has 1 aromatic carbocycles. The summed E-state index contributed by atoms with van der Waals surface area (Å²) < 4.78 is 7.11. The number of carbonyl (C=O) groups is 1. The van der Waals surface area contributed by atoms with Gasteiger partial charge < -0.3 is 14.5 Å². The number of ether oxygens (including phenoxy) is 1. The van der Waals surface area contributed by atoms with Crippen molar-refractivity contribution >= 4 is 17.5 Å². The number of nitrogens with zero attached hydrogens (tertiary/aromatic N) is 5. The third-order valence-corrected chi connectivity index (χ3v) is 4.48. The van der Waals surface area contributed by atoms with Crippen LogP contribution in [0.25, 0.3) is 5.65 Å². The van der Waals surface area contributed by atoms with Gasteiger partial charge in [-0.05, 0) is 36.4 Å². The van der Waals surface area contributed by atoms with E-state index in [1.165, 1.54) is 0 Å². The van der Waals surface area contributed by atoms with Crippen molar-refractivity contribution in [2.24, 2.45) is 0 Å². The van der Waals surface area contributed by atoms with Gasteiger partial charge in [0, 0.05) is 37.9 Å². The van der Waals surface area contributed by atoms with Gasteiger partial charge >= 0.3 is 0 Å². The Bertz CT molecular complexity index is 882. The first kappa shape index (κ1) is 15.4. The van der Waals surface area contributed by atoms with E-state index in [-0.39, 0.29) is 5.91 Å². The number of anilines is 1. The van der Waals surface area contributed by atoms with Gasteiger partial charge in [-0.3, -0.25) is 9.20 Å². The number of pyridine rings is 1. The Hall–Kier alpha value is -3.09. The summed E-state index contributed by atoms with van der Waals surface area (Å²) in [6.07, 6.45) is 1.96. The molecular weight excluding hydrogens is 318 g/mol. The van der Waals surface area contributed by atoms with E-state index in [0.29, 0.717) is 18.7 Å². The van der Waals surface area contributed by atoms with Crippen LogP contribution in [0.15, 0.2) is 48.7 Å². The van der Waals surface area contributed by atoms with Gasteiger partial charge in [0.1, 0.15) is 5.75 Å². The zero-order chi connectivity index (χ0) is 17.2. The summed E-state index contributed by atoms with van der Waals surface area (Å²) in [5, 5.41) is 8.48. The van der Waals surface area contributed by atoms with E-state index in [9.17, 15) is 4.79 Å². The highest BCUT2D eigenvalue weighted by molar-refractivity contribution is 5.94. The summed E-state index contributed by atoms with van der Waals surface area (Å²) in [5.41, 5.74) is 1.51. The van der Waals surface area contributed by atoms with Gasteiger partial charge in [-0.2, -0.15) is 0 Å². The summed E-state index contributed by atoms with van der Waals surface area (Å²) in [6.45, 7) is 2.79. The molecule has 1 amide bonds. The Kier molecular flexibility index (Phi) is 3.97. The number of amides is 1. The molecule has 7 heteroatoms. The van der Waals surface area contributed by atoms with E-state index in [0.717, 1.165) is 30.4 Å². The molecule has 0 aliphatic carbocycles. The zero-order valence-electron chi connectivity index (χ0n) is 14.0. The number of carbonyl (C=O) groups excluding carboxylic acids is 1. The van der Waals surface area contributed by atoms with Gasteiger partial charge in [0.25, 0.3) is 5.91 Å². The lowest BCUT2D eigenvalue weighted by atomic mass is 10.1. The minimum Gasteiger partial charge on any atom is -0.497 e. The predicted molar refractivity (Wildman–Crippen MR) is 94.1 cm³/mol. The lowest BCUT2D eigenvalue weighted by Gasteiger charge is -2.34. The molecule has 0 unspecified atom stereocenters. The van der Waals surface area contributed by atoms with Crippen molar-refractivity contribution in [1.82, 2.24) is 19.5 Å². The molecule has 25 heavy (non-hydrogen) atoms. The van der Waals surface area contributed by atoms with Crippen LogP contribution in [-0.2, 0) is 0 Å². The van der Waals surface area contributed by atoms with E-state index >= 15 is 0 Å². The van der Waals surface area contributed by atoms with Crippen molar-refractivity contribution in [1.29, 1.82) is 0 Å². The standard InChI is InChI=1S/C18H19N5O2/c1-25-15-7-5-14(6-8-15)17(24)21-10-12-22(13-11-21)18-20-19-16-4-2-3-9-23(16)18/h2-9H,10-13H2,1H3. The van der Waals surface area contributed by atoms with Crippen molar-refractivity contribution < 1.29 is 9.53 Å². The van der Waals surface area contributed by atoms with E-state index in [4.69, 9.17) is 4.74 Å². The largest absolute Gasteiger partial charge is 0.497 e. The van der Waals surface area contributed by atoms with E-state index in [1.54, 1.807) is 19.2 Å². The Morgan fingerprint density at radius 1 is 1.00 bits per heavy atom. The van der Waals surface area contributed by atoms with Crippen molar-refractivity contribution in [3.8, 4) is 5.75 Å². The van der Waals surface area contributed by atoms with Gasteiger partial charge in [-0.25, -0.2) is 0 Å². The van der Waals surface area contributed by atoms with Gasteiger partial charge in [0.2, 0.25) is 5.95 Å². The van der Waals surface area contributed by atoms with Crippen LogP contribution in [0.4, 0.5) is 5.95 Å². The summed E-state index contributed by atoms with van der Waals surface area (Å²) in [7, 11) is 1.62. The molecule has 1 fully saturated rings. The number of aromatic nitrogens is 3. The average molecular weight is 337 g/mol.